The number of hydrogen-bond donors (Lipinski definition) is 1. The number of anilines is 2. The van der Waals surface area contributed by atoms with Crippen molar-refractivity contribution in [3.63, 3.8) is 0 Å². The van der Waals surface area contributed by atoms with Gasteiger partial charge in [-0.2, -0.15) is 0 Å². The highest BCUT2D eigenvalue weighted by atomic mass is 79.9. The van der Waals surface area contributed by atoms with E-state index in [1.807, 2.05) is 43.3 Å². The molecule has 2 aromatic rings. The lowest BCUT2D eigenvalue weighted by Gasteiger charge is -2.07. The van der Waals surface area contributed by atoms with E-state index in [0.717, 1.165) is 21.7 Å². The van der Waals surface area contributed by atoms with Gasteiger partial charge in [0.05, 0.1) is 5.69 Å². The van der Waals surface area contributed by atoms with Crippen LogP contribution in [0.4, 0.5) is 11.5 Å². The Kier molecular flexibility index (Phi) is 3.46. The van der Waals surface area contributed by atoms with Gasteiger partial charge in [0.25, 0.3) is 0 Å². The van der Waals surface area contributed by atoms with Crippen LogP contribution in [0.15, 0.2) is 40.9 Å². The molecule has 0 aliphatic heterocycles. The Morgan fingerprint density at radius 3 is 2.75 bits per heavy atom. The first-order chi connectivity index (χ1) is 7.65. The summed E-state index contributed by atoms with van der Waals surface area (Å²) in [5.74, 6) is 0.808. The Morgan fingerprint density at radius 2 is 2.06 bits per heavy atom. The van der Waals surface area contributed by atoms with Crippen LogP contribution in [-0.2, 0) is 0 Å². The van der Waals surface area contributed by atoms with Gasteiger partial charge in [-0.15, -0.1) is 0 Å². The molecule has 0 unspecified atom stereocenters. The summed E-state index contributed by atoms with van der Waals surface area (Å²) in [6, 6.07) is 11.4. The van der Waals surface area contributed by atoms with E-state index in [-0.39, 0.29) is 0 Å². The lowest BCUT2D eigenvalue weighted by atomic mass is 10.3. The first-order valence-corrected chi connectivity index (χ1v) is 5.98. The zero-order valence-electron chi connectivity index (χ0n) is 8.67. The van der Waals surface area contributed by atoms with E-state index in [1.165, 1.54) is 0 Å². The summed E-state index contributed by atoms with van der Waals surface area (Å²) in [6.45, 7) is 1.95. The van der Waals surface area contributed by atoms with Gasteiger partial charge in [-0.3, -0.25) is 0 Å². The van der Waals surface area contributed by atoms with Crippen LogP contribution in [0.5, 0.6) is 0 Å². The number of pyridine rings is 1. The number of benzene rings is 1. The predicted octanol–water partition coefficient (Wildman–Crippen LogP) is 4.55. The third-order valence-electron chi connectivity index (χ3n) is 2.12. The van der Waals surface area contributed by atoms with E-state index in [0.29, 0.717) is 5.02 Å². The van der Waals surface area contributed by atoms with Gasteiger partial charge in [0.1, 0.15) is 5.82 Å². The van der Waals surface area contributed by atoms with E-state index >= 15 is 0 Å². The van der Waals surface area contributed by atoms with Crippen molar-refractivity contribution in [2.45, 2.75) is 6.92 Å². The summed E-state index contributed by atoms with van der Waals surface area (Å²) < 4.78 is 1.00. The molecule has 2 rings (SSSR count). The molecule has 0 radical (unpaired) electrons. The largest absolute Gasteiger partial charge is 0.340 e. The first kappa shape index (κ1) is 11.4. The second-order valence-corrected chi connectivity index (χ2v) is 4.69. The normalized spacial score (nSPS) is 10.2. The van der Waals surface area contributed by atoms with E-state index in [9.17, 15) is 0 Å². The van der Waals surface area contributed by atoms with Crippen molar-refractivity contribution in [1.29, 1.82) is 0 Å². The van der Waals surface area contributed by atoms with Crippen LogP contribution in [-0.4, -0.2) is 4.98 Å². The average Bonchev–Trinajstić information content (AvgIpc) is 2.24. The standard InChI is InChI=1S/C12H10BrClN2/c1-8-11(13)5-6-12(15-8)16-10-4-2-3-9(14)7-10/h2-7H,1H3,(H,15,16). The highest BCUT2D eigenvalue weighted by Gasteiger charge is 2.00. The van der Waals surface area contributed by atoms with E-state index in [1.54, 1.807) is 0 Å². The van der Waals surface area contributed by atoms with E-state index in [2.05, 4.69) is 26.2 Å². The van der Waals surface area contributed by atoms with Gasteiger partial charge >= 0.3 is 0 Å². The summed E-state index contributed by atoms with van der Waals surface area (Å²) in [6.07, 6.45) is 0. The number of nitrogens with zero attached hydrogens (tertiary/aromatic N) is 1. The molecular formula is C12H10BrClN2. The summed E-state index contributed by atoms with van der Waals surface area (Å²) in [7, 11) is 0. The van der Waals surface area contributed by atoms with Crippen LogP contribution in [0.2, 0.25) is 5.02 Å². The minimum Gasteiger partial charge on any atom is -0.340 e. The average molecular weight is 298 g/mol. The van der Waals surface area contributed by atoms with Gasteiger partial charge in [-0.05, 0) is 53.2 Å². The maximum absolute atomic E-state index is 5.90. The molecule has 16 heavy (non-hydrogen) atoms. The number of halogens is 2. The van der Waals surface area contributed by atoms with Crippen LogP contribution in [0.25, 0.3) is 0 Å². The van der Waals surface area contributed by atoms with Crippen LogP contribution in [0, 0.1) is 6.92 Å². The topological polar surface area (TPSA) is 24.9 Å². The van der Waals surface area contributed by atoms with Gasteiger partial charge in [0, 0.05) is 15.2 Å². The third kappa shape index (κ3) is 2.74. The Hall–Kier alpha value is -1.06. The van der Waals surface area contributed by atoms with Crippen molar-refractivity contribution in [3.8, 4) is 0 Å². The summed E-state index contributed by atoms with van der Waals surface area (Å²) >= 11 is 9.31. The zero-order chi connectivity index (χ0) is 11.5. The molecule has 82 valence electrons. The van der Waals surface area contributed by atoms with Gasteiger partial charge in [-0.1, -0.05) is 17.7 Å². The van der Waals surface area contributed by atoms with Crippen LogP contribution >= 0.6 is 27.5 Å². The molecule has 2 nitrogen and oxygen atoms in total. The fourth-order valence-electron chi connectivity index (χ4n) is 1.33. The zero-order valence-corrected chi connectivity index (χ0v) is 11.0. The minimum atomic E-state index is 0.707. The second kappa shape index (κ2) is 4.85. The van der Waals surface area contributed by atoms with Crippen molar-refractivity contribution < 1.29 is 0 Å². The molecule has 1 heterocycles. The molecule has 0 aliphatic rings. The van der Waals surface area contributed by atoms with Gasteiger partial charge in [0.15, 0.2) is 0 Å². The Morgan fingerprint density at radius 1 is 1.25 bits per heavy atom. The number of hydrogen-bond acceptors (Lipinski definition) is 2. The molecular weight excluding hydrogens is 288 g/mol. The first-order valence-electron chi connectivity index (χ1n) is 4.81. The van der Waals surface area contributed by atoms with Gasteiger partial charge < -0.3 is 5.32 Å². The summed E-state index contributed by atoms with van der Waals surface area (Å²) in [5, 5.41) is 3.90. The Balaban J connectivity index is 2.24. The number of aromatic nitrogens is 1. The smallest absolute Gasteiger partial charge is 0.130 e. The van der Waals surface area contributed by atoms with Crippen molar-refractivity contribution in [2.75, 3.05) is 5.32 Å². The Bertz CT molecular complexity index is 514. The molecule has 1 aromatic heterocycles. The number of aryl methyl sites for hydroxylation is 1. The van der Waals surface area contributed by atoms with Crippen molar-refractivity contribution in [1.82, 2.24) is 4.98 Å². The van der Waals surface area contributed by atoms with Crippen LogP contribution in [0.1, 0.15) is 5.69 Å². The molecule has 1 N–H and O–H groups in total. The number of nitrogens with one attached hydrogen (secondary N) is 1. The molecule has 0 fully saturated rings. The summed E-state index contributed by atoms with van der Waals surface area (Å²) in [5.41, 5.74) is 1.88. The highest BCUT2D eigenvalue weighted by molar-refractivity contribution is 9.10. The second-order valence-electron chi connectivity index (χ2n) is 3.40. The maximum Gasteiger partial charge on any atom is 0.130 e. The number of rotatable bonds is 2. The minimum absolute atomic E-state index is 0.707. The van der Waals surface area contributed by atoms with Crippen molar-refractivity contribution in [3.05, 3.63) is 51.6 Å². The molecule has 1 aromatic carbocycles. The monoisotopic (exact) mass is 296 g/mol. The van der Waals surface area contributed by atoms with Crippen molar-refractivity contribution >= 4 is 39.0 Å². The molecule has 0 amide bonds. The lowest BCUT2D eigenvalue weighted by Crippen LogP contribution is -1.94. The maximum atomic E-state index is 5.90. The quantitative estimate of drug-likeness (QED) is 0.879. The van der Waals surface area contributed by atoms with Gasteiger partial charge in [0.2, 0.25) is 0 Å². The molecule has 0 aliphatic carbocycles. The third-order valence-corrected chi connectivity index (χ3v) is 3.19. The molecule has 0 saturated carbocycles. The fourth-order valence-corrected chi connectivity index (χ4v) is 1.74. The molecule has 0 spiro atoms. The van der Waals surface area contributed by atoms with Gasteiger partial charge in [-0.25, -0.2) is 4.98 Å². The molecule has 0 atom stereocenters. The summed E-state index contributed by atoms with van der Waals surface area (Å²) in [4.78, 5) is 4.40. The molecule has 0 bridgehead atoms. The van der Waals surface area contributed by atoms with Crippen molar-refractivity contribution in [2.24, 2.45) is 0 Å². The highest BCUT2D eigenvalue weighted by Crippen LogP contribution is 2.21. The van der Waals surface area contributed by atoms with Crippen LogP contribution in [0.3, 0.4) is 0 Å². The predicted molar refractivity (Wildman–Crippen MR) is 71.4 cm³/mol. The van der Waals surface area contributed by atoms with Crippen LogP contribution < -0.4 is 5.32 Å². The molecule has 4 heteroatoms. The molecule has 0 saturated heterocycles. The van der Waals surface area contributed by atoms with E-state index < -0.39 is 0 Å². The SMILES string of the molecule is Cc1nc(Nc2cccc(Cl)c2)ccc1Br. The lowest BCUT2D eigenvalue weighted by molar-refractivity contribution is 1.18. The fraction of sp³-hybridized carbons (Fsp3) is 0.0833. The van der Waals surface area contributed by atoms with E-state index in [4.69, 9.17) is 11.6 Å². The Labute approximate surface area is 108 Å².